The van der Waals surface area contributed by atoms with Crippen LogP contribution in [0.2, 0.25) is 0 Å². The lowest BCUT2D eigenvalue weighted by Crippen LogP contribution is -2.50. The fourth-order valence-electron chi connectivity index (χ4n) is 2.85. The Balaban J connectivity index is 1.78. The molecule has 5 nitrogen and oxygen atoms in total. The lowest BCUT2D eigenvalue weighted by molar-refractivity contribution is 0.234. The van der Waals surface area contributed by atoms with Crippen molar-refractivity contribution < 1.29 is 0 Å². The first-order valence-corrected chi connectivity index (χ1v) is 8.10. The van der Waals surface area contributed by atoms with Crippen LogP contribution in [0.25, 0.3) is 11.3 Å². The Kier molecular flexibility index (Phi) is 4.48. The number of benzene rings is 1. The molecule has 1 unspecified atom stereocenters. The van der Waals surface area contributed by atoms with E-state index in [-0.39, 0.29) is 0 Å². The van der Waals surface area contributed by atoms with Crippen molar-refractivity contribution in [3.05, 3.63) is 36.5 Å². The van der Waals surface area contributed by atoms with E-state index < -0.39 is 0 Å². The van der Waals surface area contributed by atoms with Gasteiger partial charge in [-0.1, -0.05) is 12.1 Å². The molecule has 1 aromatic carbocycles. The molecule has 2 aromatic rings. The second-order valence-electron chi connectivity index (χ2n) is 6.46. The fraction of sp³-hybridized carbons (Fsp3) is 0.444. The Morgan fingerprint density at radius 2 is 1.83 bits per heavy atom. The van der Waals surface area contributed by atoms with Gasteiger partial charge < -0.3 is 14.7 Å². The molecule has 5 heteroatoms. The summed E-state index contributed by atoms with van der Waals surface area (Å²) in [6, 6.07) is 11.3. The van der Waals surface area contributed by atoms with Crippen molar-refractivity contribution in [1.29, 1.82) is 0 Å². The molecular weight excluding hydrogens is 286 g/mol. The van der Waals surface area contributed by atoms with Crippen LogP contribution in [0.4, 0.5) is 11.6 Å². The summed E-state index contributed by atoms with van der Waals surface area (Å²) in [6.45, 7) is 5.55. The lowest BCUT2D eigenvalue weighted by atomic mass is 10.1. The summed E-state index contributed by atoms with van der Waals surface area (Å²) in [5.74, 6) is 0.736. The molecule has 1 aliphatic heterocycles. The van der Waals surface area contributed by atoms with Crippen molar-refractivity contribution in [2.45, 2.75) is 13.0 Å². The predicted octanol–water partition coefficient (Wildman–Crippen LogP) is 2.35. The van der Waals surface area contributed by atoms with Crippen LogP contribution in [0.1, 0.15) is 6.92 Å². The number of rotatable bonds is 3. The number of nitrogens with zero attached hydrogens (tertiary/aromatic N) is 5. The summed E-state index contributed by atoms with van der Waals surface area (Å²) >= 11 is 0. The van der Waals surface area contributed by atoms with Crippen molar-refractivity contribution in [2.75, 3.05) is 50.6 Å². The van der Waals surface area contributed by atoms with E-state index in [1.807, 2.05) is 31.3 Å². The second kappa shape index (κ2) is 6.54. The molecule has 0 spiro atoms. The Bertz CT molecular complexity index is 653. The molecule has 0 saturated carbocycles. The van der Waals surface area contributed by atoms with Gasteiger partial charge in [-0.15, -0.1) is 0 Å². The van der Waals surface area contributed by atoms with Crippen LogP contribution in [-0.4, -0.2) is 61.7 Å². The molecule has 0 N–H and O–H groups in total. The van der Waals surface area contributed by atoms with E-state index in [1.165, 1.54) is 5.69 Å². The molecule has 23 heavy (non-hydrogen) atoms. The molecule has 0 radical (unpaired) electrons. The molecule has 2 heterocycles. The average Bonchev–Trinajstić information content (AvgIpc) is 2.57. The molecule has 0 bridgehead atoms. The van der Waals surface area contributed by atoms with Crippen LogP contribution in [0.3, 0.4) is 0 Å². The highest BCUT2D eigenvalue weighted by atomic mass is 15.3. The van der Waals surface area contributed by atoms with Gasteiger partial charge in [-0.2, -0.15) is 0 Å². The van der Waals surface area contributed by atoms with Crippen LogP contribution in [0.15, 0.2) is 36.5 Å². The van der Waals surface area contributed by atoms with Gasteiger partial charge in [0.05, 0.1) is 5.69 Å². The molecular formula is C18H25N5. The van der Waals surface area contributed by atoms with Gasteiger partial charge in [0.2, 0.25) is 5.95 Å². The summed E-state index contributed by atoms with van der Waals surface area (Å²) < 4.78 is 0. The van der Waals surface area contributed by atoms with E-state index in [0.717, 1.165) is 36.8 Å². The summed E-state index contributed by atoms with van der Waals surface area (Å²) in [5, 5.41) is 0. The third-order valence-electron chi connectivity index (χ3n) is 4.53. The molecule has 1 atom stereocenters. The van der Waals surface area contributed by atoms with Gasteiger partial charge in [0.15, 0.2) is 0 Å². The number of likely N-dealkylation sites (N-methyl/N-ethyl adjacent to an activating group) is 1. The van der Waals surface area contributed by atoms with Gasteiger partial charge in [-0.3, -0.25) is 0 Å². The van der Waals surface area contributed by atoms with Gasteiger partial charge in [-0.05, 0) is 32.2 Å². The topological polar surface area (TPSA) is 35.5 Å². The van der Waals surface area contributed by atoms with Crippen molar-refractivity contribution >= 4 is 11.6 Å². The maximum Gasteiger partial charge on any atom is 0.225 e. The second-order valence-corrected chi connectivity index (χ2v) is 6.46. The molecule has 1 fully saturated rings. The van der Waals surface area contributed by atoms with E-state index >= 15 is 0 Å². The zero-order chi connectivity index (χ0) is 16.4. The quantitative estimate of drug-likeness (QED) is 0.869. The highest BCUT2D eigenvalue weighted by Crippen LogP contribution is 2.24. The van der Waals surface area contributed by atoms with Crippen LogP contribution >= 0.6 is 0 Å². The van der Waals surface area contributed by atoms with E-state index in [4.69, 9.17) is 0 Å². The summed E-state index contributed by atoms with van der Waals surface area (Å²) in [4.78, 5) is 15.7. The van der Waals surface area contributed by atoms with E-state index in [1.54, 1.807) is 0 Å². The maximum absolute atomic E-state index is 4.60. The van der Waals surface area contributed by atoms with E-state index in [9.17, 15) is 0 Å². The van der Waals surface area contributed by atoms with Gasteiger partial charge in [0.1, 0.15) is 0 Å². The lowest BCUT2D eigenvalue weighted by Gasteiger charge is -2.39. The van der Waals surface area contributed by atoms with E-state index in [2.05, 4.69) is 58.0 Å². The van der Waals surface area contributed by atoms with Crippen molar-refractivity contribution in [2.24, 2.45) is 0 Å². The van der Waals surface area contributed by atoms with Crippen LogP contribution < -0.4 is 9.80 Å². The van der Waals surface area contributed by atoms with E-state index in [0.29, 0.717) is 6.04 Å². The molecule has 1 aromatic heterocycles. The monoisotopic (exact) mass is 311 g/mol. The number of hydrogen-bond acceptors (Lipinski definition) is 5. The molecule has 1 aliphatic rings. The van der Waals surface area contributed by atoms with Gasteiger partial charge in [0, 0.05) is 57.2 Å². The SMILES string of the molecule is CC1CN(c2ccc(-c3ccnc(N(C)C)n3)cc2)CCN1C. The minimum Gasteiger partial charge on any atom is -0.369 e. The van der Waals surface area contributed by atoms with Crippen LogP contribution in [0.5, 0.6) is 0 Å². The Morgan fingerprint density at radius 3 is 2.48 bits per heavy atom. The van der Waals surface area contributed by atoms with Crippen molar-refractivity contribution in [3.63, 3.8) is 0 Å². The standard InChI is InChI=1S/C18H25N5/c1-14-13-23(12-11-22(14)4)16-7-5-15(6-8-16)17-9-10-19-18(20-17)21(2)3/h5-10,14H,11-13H2,1-4H3. The summed E-state index contributed by atoms with van der Waals surface area (Å²) in [6.07, 6.45) is 1.81. The zero-order valence-corrected chi connectivity index (χ0v) is 14.4. The van der Waals surface area contributed by atoms with Crippen LogP contribution in [0, 0.1) is 0 Å². The first-order valence-electron chi connectivity index (χ1n) is 8.10. The normalized spacial score (nSPS) is 19.0. The highest BCUT2D eigenvalue weighted by Gasteiger charge is 2.20. The fourth-order valence-corrected chi connectivity index (χ4v) is 2.85. The minimum absolute atomic E-state index is 0.591. The number of piperazine rings is 1. The number of hydrogen-bond donors (Lipinski definition) is 0. The smallest absolute Gasteiger partial charge is 0.225 e. The number of anilines is 2. The Morgan fingerprint density at radius 1 is 1.09 bits per heavy atom. The first kappa shape index (κ1) is 15.7. The van der Waals surface area contributed by atoms with Crippen molar-refractivity contribution in [1.82, 2.24) is 14.9 Å². The predicted molar refractivity (Wildman–Crippen MR) is 96.1 cm³/mol. The first-order chi connectivity index (χ1) is 11.0. The Hall–Kier alpha value is -2.14. The largest absolute Gasteiger partial charge is 0.369 e. The third kappa shape index (κ3) is 3.45. The number of aromatic nitrogens is 2. The summed E-state index contributed by atoms with van der Waals surface area (Å²) in [5.41, 5.74) is 3.37. The molecule has 1 saturated heterocycles. The highest BCUT2D eigenvalue weighted by molar-refractivity contribution is 5.64. The summed E-state index contributed by atoms with van der Waals surface area (Å²) in [7, 11) is 6.11. The zero-order valence-electron chi connectivity index (χ0n) is 14.4. The van der Waals surface area contributed by atoms with Crippen molar-refractivity contribution in [3.8, 4) is 11.3 Å². The molecule has 0 amide bonds. The molecule has 122 valence electrons. The average molecular weight is 311 g/mol. The Labute approximate surface area is 138 Å². The van der Waals surface area contributed by atoms with Gasteiger partial charge >= 0.3 is 0 Å². The third-order valence-corrected chi connectivity index (χ3v) is 4.53. The van der Waals surface area contributed by atoms with Gasteiger partial charge in [-0.25, -0.2) is 9.97 Å². The molecule has 0 aliphatic carbocycles. The minimum atomic E-state index is 0.591. The van der Waals surface area contributed by atoms with Crippen LogP contribution in [-0.2, 0) is 0 Å². The van der Waals surface area contributed by atoms with Gasteiger partial charge in [0.25, 0.3) is 0 Å². The molecule has 3 rings (SSSR count). The maximum atomic E-state index is 4.60.